The maximum absolute atomic E-state index is 5.87. The lowest BCUT2D eigenvalue weighted by Crippen LogP contribution is -2.10. The fourth-order valence-electron chi connectivity index (χ4n) is 2.94. The summed E-state index contributed by atoms with van der Waals surface area (Å²) in [6, 6.07) is 21.4. The van der Waals surface area contributed by atoms with Crippen molar-refractivity contribution >= 4 is 0 Å². The highest BCUT2D eigenvalue weighted by molar-refractivity contribution is 5.17. The SMILES string of the molecule is C[C@H](Cc1ccccc1)[C@@H]1O[C@H]1CCc1ccccc1. The number of hydrogen-bond acceptors (Lipinski definition) is 1. The van der Waals surface area contributed by atoms with Crippen molar-refractivity contribution in [3.05, 3.63) is 71.8 Å². The highest BCUT2D eigenvalue weighted by Gasteiger charge is 2.41. The lowest BCUT2D eigenvalue weighted by molar-refractivity contribution is 0.321. The van der Waals surface area contributed by atoms with Crippen molar-refractivity contribution in [1.29, 1.82) is 0 Å². The van der Waals surface area contributed by atoms with E-state index in [1.54, 1.807) is 0 Å². The van der Waals surface area contributed by atoms with Gasteiger partial charge in [-0.2, -0.15) is 0 Å². The van der Waals surface area contributed by atoms with Gasteiger partial charge in [0, 0.05) is 0 Å². The number of ether oxygens (including phenoxy) is 1. The Balaban J connectivity index is 1.44. The maximum Gasteiger partial charge on any atom is 0.0870 e. The maximum atomic E-state index is 5.87. The van der Waals surface area contributed by atoms with Crippen molar-refractivity contribution in [3.63, 3.8) is 0 Å². The van der Waals surface area contributed by atoms with Gasteiger partial charge in [0.15, 0.2) is 0 Å². The van der Waals surface area contributed by atoms with E-state index in [1.165, 1.54) is 11.1 Å². The second-order valence-corrected chi connectivity index (χ2v) is 5.83. The summed E-state index contributed by atoms with van der Waals surface area (Å²) in [5.74, 6) is 0.609. The summed E-state index contributed by atoms with van der Waals surface area (Å²) in [7, 11) is 0. The van der Waals surface area contributed by atoms with Crippen molar-refractivity contribution < 1.29 is 4.74 Å². The molecule has 1 fully saturated rings. The smallest absolute Gasteiger partial charge is 0.0870 e. The van der Waals surface area contributed by atoms with E-state index in [9.17, 15) is 0 Å². The van der Waals surface area contributed by atoms with Gasteiger partial charge in [0.1, 0.15) is 0 Å². The van der Waals surface area contributed by atoms with E-state index < -0.39 is 0 Å². The van der Waals surface area contributed by atoms with Crippen LogP contribution in [0.3, 0.4) is 0 Å². The first-order chi connectivity index (χ1) is 9.83. The molecular formula is C19H22O. The van der Waals surface area contributed by atoms with E-state index in [0.717, 1.165) is 19.3 Å². The van der Waals surface area contributed by atoms with Crippen LogP contribution in [0.2, 0.25) is 0 Å². The zero-order valence-corrected chi connectivity index (χ0v) is 12.0. The van der Waals surface area contributed by atoms with Crippen LogP contribution in [0, 0.1) is 5.92 Å². The highest BCUT2D eigenvalue weighted by Crippen LogP contribution is 2.34. The molecule has 2 aromatic rings. The summed E-state index contributed by atoms with van der Waals surface area (Å²) in [5.41, 5.74) is 2.83. The number of epoxide rings is 1. The first-order valence-corrected chi connectivity index (χ1v) is 7.56. The van der Waals surface area contributed by atoms with Crippen molar-refractivity contribution in [2.24, 2.45) is 5.92 Å². The quantitative estimate of drug-likeness (QED) is 0.711. The summed E-state index contributed by atoms with van der Waals surface area (Å²) in [6.07, 6.45) is 4.31. The topological polar surface area (TPSA) is 12.5 Å². The molecule has 0 amide bonds. The molecule has 3 rings (SSSR count). The second kappa shape index (κ2) is 6.23. The van der Waals surface area contributed by atoms with E-state index in [1.807, 2.05) is 0 Å². The molecule has 1 saturated heterocycles. The van der Waals surface area contributed by atoms with Gasteiger partial charge in [0.25, 0.3) is 0 Å². The highest BCUT2D eigenvalue weighted by atomic mass is 16.6. The summed E-state index contributed by atoms with van der Waals surface area (Å²) in [6.45, 7) is 2.31. The Labute approximate surface area is 121 Å². The average Bonchev–Trinajstić information content (AvgIpc) is 3.27. The van der Waals surface area contributed by atoms with Crippen molar-refractivity contribution in [1.82, 2.24) is 0 Å². The summed E-state index contributed by atoms with van der Waals surface area (Å²) in [5, 5.41) is 0. The van der Waals surface area contributed by atoms with Gasteiger partial charge in [-0.1, -0.05) is 67.6 Å². The Morgan fingerprint density at radius 1 is 0.900 bits per heavy atom. The van der Waals surface area contributed by atoms with Gasteiger partial charge in [0.2, 0.25) is 0 Å². The van der Waals surface area contributed by atoms with E-state index in [4.69, 9.17) is 4.74 Å². The zero-order chi connectivity index (χ0) is 13.8. The first-order valence-electron chi connectivity index (χ1n) is 7.56. The van der Waals surface area contributed by atoms with Gasteiger partial charge in [0.05, 0.1) is 12.2 Å². The van der Waals surface area contributed by atoms with Gasteiger partial charge in [-0.25, -0.2) is 0 Å². The van der Waals surface area contributed by atoms with Crippen LogP contribution in [-0.4, -0.2) is 12.2 Å². The molecule has 2 aromatic carbocycles. The molecule has 3 atom stereocenters. The number of rotatable bonds is 6. The molecule has 1 heteroatoms. The third-order valence-corrected chi connectivity index (χ3v) is 4.14. The molecule has 0 saturated carbocycles. The molecule has 1 aliphatic heterocycles. The number of hydrogen-bond donors (Lipinski definition) is 0. The van der Waals surface area contributed by atoms with Crippen LogP contribution in [0.5, 0.6) is 0 Å². The van der Waals surface area contributed by atoms with Gasteiger partial charge in [-0.15, -0.1) is 0 Å². The lowest BCUT2D eigenvalue weighted by Gasteiger charge is -2.08. The normalized spacial score (nSPS) is 22.4. The van der Waals surface area contributed by atoms with Crippen molar-refractivity contribution in [2.45, 2.75) is 38.4 Å². The Morgan fingerprint density at radius 3 is 2.15 bits per heavy atom. The van der Waals surface area contributed by atoms with Crippen LogP contribution in [0.4, 0.5) is 0 Å². The monoisotopic (exact) mass is 266 g/mol. The Bertz CT molecular complexity index is 520. The van der Waals surface area contributed by atoms with Crippen LogP contribution in [-0.2, 0) is 17.6 Å². The second-order valence-electron chi connectivity index (χ2n) is 5.83. The van der Waals surface area contributed by atoms with Crippen LogP contribution >= 0.6 is 0 Å². The average molecular weight is 266 g/mol. The largest absolute Gasteiger partial charge is 0.369 e. The summed E-state index contributed by atoms with van der Waals surface area (Å²) in [4.78, 5) is 0. The van der Waals surface area contributed by atoms with Gasteiger partial charge < -0.3 is 4.74 Å². The van der Waals surface area contributed by atoms with Crippen molar-refractivity contribution in [2.75, 3.05) is 0 Å². The molecule has 1 aliphatic rings. The molecule has 20 heavy (non-hydrogen) atoms. The Hall–Kier alpha value is -1.60. The van der Waals surface area contributed by atoms with Crippen LogP contribution < -0.4 is 0 Å². The van der Waals surface area contributed by atoms with Gasteiger partial charge in [-0.3, -0.25) is 0 Å². The molecule has 0 aromatic heterocycles. The van der Waals surface area contributed by atoms with Gasteiger partial charge >= 0.3 is 0 Å². The van der Waals surface area contributed by atoms with E-state index >= 15 is 0 Å². The molecule has 1 nitrogen and oxygen atoms in total. The Morgan fingerprint density at radius 2 is 1.50 bits per heavy atom. The Kier molecular flexibility index (Phi) is 4.17. The molecule has 0 unspecified atom stereocenters. The van der Waals surface area contributed by atoms with Crippen LogP contribution in [0.1, 0.15) is 24.5 Å². The first kappa shape index (κ1) is 13.4. The fourth-order valence-corrected chi connectivity index (χ4v) is 2.94. The standard InChI is InChI=1S/C19H22O/c1-15(14-17-10-6-3-7-11-17)19-18(20-19)13-12-16-8-4-2-5-9-16/h2-11,15,18-19H,12-14H2,1H3/t15-,18+,19+/m1/s1. The minimum absolute atomic E-state index is 0.457. The minimum atomic E-state index is 0.457. The number of aryl methyl sites for hydroxylation is 1. The molecule has 104 valence electrons. The molecule has 0 N–H and O–H groups in total. The predicted octanol–water partition coefficient (Wildman–Crippen LogP) is 4.27. The molecule has 0 radical (unpaired) electrons. The summed E-state index contributed by atoms with van der Waals surface area (Å²) < 4.78 is 5.87. The minimum Gasteiger partial charge on any atom is -0.369 e. The molecular weight excluding hydrogens is 244 g/mol. The molecule has 0 aliphatic carbocycles. The van der Waals surface area contributed by atoms with Crippen molar-refractivity contribution in [3.8, 4) is 0 Å². The molecule has 0 spiro atoms. The van der Waals surface area contributed by atoms with Crippen LogP contribution in [0.15, 0.2) is 60.7 Å². The molecule has 0 bridgehead atoms. The van der Waals surface area contributed by atoms with E-state index in [2.05, 4.69) is 67.6 Å². The molecule has 1 heterocycles. The third kappa shape index (κ3) is 3.49. The number of benzene rings is 2. The van der Waals surface area contributed by atoms with E-state index in [0.29, 0.717) is 18.1 Å². The predicted molar refractivity (Wildman–Crippen MR) is 82.7 cm³/mol. The fraction of sp³-hybridized carbons (Fsp3) is 0.368. The third-order valence-electron chi connectivity index (χ3n) is 4.14. The zero-order valence-electron chi connectivity index (χ0n) is 12.0. The lowest BCUT2D eigenvalue weighted by atomic mass is 9.95. The van der Waals surface area contributed by atoms with E-state index in [-0.39, 0.29) is 0 Å². The summed E-state index contributed by atoms with van der Waals surface area (Å²) >= 11 is 0. The van der Waals surface area contributed by atoms with Crippen LogP contribution in [0.25, 0.3) is 0 Å². The van der Waals surface area contributed by atoms with Gasteiger partial charge in [-0.05, 0) is 36.3 Å².